The molecule has 0 saturated heterocycles. The van der Waals surface area contributed by atoms with Crippen molar-refractivity contribution in [1.82, 2.24) is 15.1 Å². The van der Waals surface area contributed by atoms with E-state index in [0.29, 0.717) is 6.04 Å². The molecule has 0 aliphatic carbocycles. The Morgan fingerprint density at radius 2 is 2.12 bits per heavy atom. The van der Waals surface area contributed by atoms with E-state index >= 15 is 0 Å². The Balaban J connectivity index is 2.30. The van der Waals surface area contributed by atoms with Gasteiger partial charge in [0.25, 0.3) is 0 Å². The molecule has 0 amide bonds. The number of unbranched alkanes of at least 4 members (excludes halogenated alkanes) is 1. The third-order valence-corrected chi connectivity index (χ3v) is 3.79. The number of aromatic nitrogens is 2. The number of halogens is 1. The predicted molar refractivity (Wildman–Crippen MR) is 81.7 cm³/mol. The van der Waals surface area contributed by atoms with Crippen LogP contribution in [0.2, 0.25) is 0 Å². The summed E-state index contributed by atoms with van der Waals surface area (Å²) in [5.74, 6) is 0. The molecule has 0 bridgehead atoms. The van der Waals surface area contributed by atoms with Crippen molar-refractivity contribution in [3.63, 3.8) is 0 Å². The number of nitrogens with zero attached hydrogens (tertiary/aromatic N) is 2. The van der Waals surface area contributed by atoms with E-state index in [4.69, 9.17) is 0 Å². The highest BCUT2D eigenvalue weighted by atomic mass is 127. The van der Waals surface area contributed by atoms with E-state index in [0.717, 1.165) is 31.6 Å². The second-order valence-corrected chi connectivity index (χ2v) is 5.41. The minimum Gasteiger partial charge on any atom is -0.311 e. The number of hydrogen-bond acceptors (Lipinski definition) is 2. The molecule has 98 valence electrons. The maximum absolute atomic E-state index is 4.62. The first kappa shape index (κ1) is 15.0. The van der Waals surface area contributed by atoms with Crippen LogP contribution in [-0.2, 0) is 6.54 Å². The number of nitrogens with one attached hydrogen (secondary N) is 1. The molecule has 0 spiro atoms. The van der Waals surface area contributed by atoms with E-state index in [1.165, 1.54) is 17.3 Å². The van der Waals surface area contributed by atoms with Crippen molar-refractivity contribution in [3.8, 4) is 0 Å². The first-order chi connectivity index (χ1) is 8.31. The molecule has 0 saturated carbocycles. The average Bonchev–Trinajstić information content (AvgIpc) is 2.79. The molecule has 3 nitrogen and oxygen atoms in total. The maximum Gasteiger partial charge on any atom is 0.0762 e. The molecule has 0 aliphatic rings. The molecule has 4 heteroatoms. The van der Waals surface area contributed by atoms with Crippen LogP contribution in [0.5, 0.6) is 0 Å². The van der Waals surface area contributed by atoms with E-state index in [-0.39, 0.29) is 0 Å². The molecule has 0 unspecified atom stereocenters. The van der Waals surface area contributed by atoms with Gasteiger partial charge in [0.2, 0.25) is 0 Å². The molecule has 1 aromatic rings. The first-order valence-electron chi connectivity index (χ1n) is 6.62. The molecule has 1 heterocycles. The SMILES string of the molecule is CCC(CC)n1ccc(CNCCCCI)n1. The topological polar surface area (TPSA) is 29.9 Å². The summed E-state index contributed by atoms with van der Waals surface area (Å²) in [7, 11) is 0. The normalized spacial score (nSPS) is 11.3. The standard InChI is InChI=1S/C13H24IN3/c1-3-13(4-2)17-10-7-12(16-17)11-15-9-6-5-8-14/h7,10,13,15H,3-6,8-9,11H2,1-2H3. The number of hydrogen-bond donors (Lipinski definition) is 1. The Bertz CT molecular complexity index is 295. The lowest BCUT2D eigenvalue weighted by atomic mass is 10.2. The van der Waals surface area contributed by atoms with E-state index in [9.17, 15) is 0 Å². The van der Waals surface area contributed by atoms with Crippen molar-refractivity contribution in [1.29, 1.82) is 0 Å². The Morgan fingerprint density at radius 3 is 2.76 bits per heavy atom. The lowest BCUT2D eigenvalue weighted by Crippen LogP contribution is -2.16. The van der Waals surface area contributed by atoms with Gasteiger partial charge < -0.3 is 5.32 Å². The Kier molecular flexibility index (Phi) is 7.84. The van der Waals surface area contributed by atoms with Gasteiger partial charge in [-0.1, -0.05) is 36.4 Å². The lowest BCUT2D eigenvalue weighted by Gasteiger charge is -2.12. The fraction of sp³-hybridized carbons (Fsp3) is 0.769. The molecule has 1 N–H and O–H groups in total. The highest BCUT2D eigenvalue weighted by molar-refractivity contribution is 14.1. The summed E-state index contributed by atoms with van der Waals surface area (Å²) < 4.78 is 3.37. The smallest absolute Gasteiger partial charge is 0.0762 e. The van der Waals surface area contributed by atoms with Crippen LogP contribution in [0, 0.1) is 0 Å². The van der Waals surface area contributed by atoms with E-state index in [2.05, 4.69) is 63.8 Å². The lowest BCUT2D eigenvalue weighted by molar-refractivity contribution is 0.424. The Hall–Kier alpha value is -0.100. The summed E-state index contributed by atoms with van der Waals surface area (Å²) in [5.41, 5.74) is 1.16. The minimum absolute atomic E-state index is 0.558. The summed E-state index contributed by atoms with van der Waals surface area (Å²) in [5, 5.41) is 8.07. The highest BCUT2D eigenvalue weighted by Gasteiger charge is 2.07. The third kappa shape index (κ3) is 5.38. The average molecular weight is 349 g/mol. The van der Waals surface area contributed by atoms with Gasteiger partial charge in [-0.3, -0.25) is 4.68 Å². The second-order valence-electron chi connectivity index (χ2n) is 4.33. The maximum atomic E-state index is 4.62. The van der Waals surface area contributed by atoms with Gasteiger partial charge >= 0.3 is 0 Å². The van der Waals surface area contributed by atoms with Gasteiger partial charge in [0.1, 0.15) is 0 Å². The predicted octanol–water partition coefficient (Wildman–Crippen LogP) is 3.55. The van der Waals surface area contributed by atoms with Gasteiger partial charge in [-0.2, -0.15) is 5.10 Å². The largest absolute Gasteiger partial charge is 0.311 e. The fourth-order valence-electron chi connectivity index (χ4n) is 1.90. The summed E-state index contributed by atoms with van der Waals surface area (Å²) in [6, 6.07) is 2.69. The number of rotatable bonds is 9. The van der Waals surface area contributed by atoms with Gasteiger partial charge in [0.15, 0.2) is 0 Å². The van der Waals surface area contributed by atoms with Crippen molar-refractivity contribution < 1.29 is 0 Å². The zero-order valence-corrected chi connectivity index (χ0v) is 13.1. The Labute approximate surface area is 118 Å². The molecule has 0 radical (unpaired) electrons. The highest BCUT2D eigenvalue weighted by Crippen LogP contribution is 2.14. The monoisotopic (exact) mass is 349 g/mol. The molecule has 0 fully saturated rings. The fourth-order valence-corrected chi connectivity index (χ4v) is 2.44. The third-order valence-electron chi connectivity index (χ3n) is 3.02. The van der Waals surface area contributed by atoms with Crippen LogP contribution in [-0.4, -0.2) is 20.8 Å². The number of alkyl halides is 1. The van der Waals surface area contributed by atoms with Crippen LogP contribution >= 0.6 is 22.6 Å². The van der Waals surface area contributed by atoms with E-state index in [1.807, 2.05) is 0 Å². The van der Waals surface area contributed by atoms with Gasteiger partial charge in [0, 0.05) is 12.7 Å². The van der Waals surface area contributed by atoms with Gasteiger partial charge in [-0.15, -0.1) is 0 Å². The van der Waals surface area contributed by atoms with Crippen LogP contribution in [0.25, 0.3) is 0 Å². The molecular formula is C13H24IN3. The first-order valence-corrected chi connectivity index (χ1v) is 8.15. The summed E-state index contributed by atoms with van der Waals surface area (Å²) in [6.45, 7) is 6.44. The van der Waals surface area contributed by atoms with Crippen LogP contribution in [0.1, 0.15) is 51.3 Å². The van der Waals surface area contributed by atoms with Crippen molar-refractivity contribution in [2.75, 3.05) is 11.0 Å². The van der Waals surface area contributed by atoms with Crippen molar-refractivity contribution in [2.45, 2.75) is 52.1 Å². The molecule has 17 heavy (non-hydrogen) atoms. The molecule has 1 aromatic heterocycles. The minimum atomic E-state index is 0.558. The van der Waals surface area contributed by atoms with Gasteiger partial charge in [-0.25, -0.2) is 0 Å². The molecule has 0 atom stereocenters. The summed E-state index contributed by atoms with van der Waals surface area (Å²) in [4.78, 5) is 0. The van der Waals surface area contributed by atoms with Crippen molar-refractivity contribution in [3.05, 3.63) is 18.0 Å². The summed E-state index contributed by atoms with van der Waals surface area (Å²) >= 11 is 2.43. The Morgan fingerprint density at radius 1 is 1.35 bits per heavy atom. The van der Waals surface area contributed by atoms with Crippen LogP contribution < -0.4 is 5.32 Å². The summed E-state index contributed by atoms with van der Waals surface area (Å²) in [6.07, 6.45) is 6.98. The van der Waals surface area contributed by atoms with Crippen LogP contribution in [0.3, 0.4) is 0 Å². The van der Waals surface area contributed by atoms with Crippen molar-refractivity contribution >= 4 is 22.6 Å². The van der Waals surface area contributed by atoms with E-state index in [1.54, 1.807) is 0 Å². The zero-order valence-electron chi connectivity index (χ0n) is 11.0. The van der Waals surface area contributed by atoms with Gasteiger partial charge in [0.05, 0.1) is 11.7 Å². The zero-order chi connectivity index (χ0) is 12.5. The van der Waals surface area contributed by atoms with Crippen LogP contribution in [0.4, 0.5) is 0 Å². The van der Waals surface area contributed by atoms with Crippen LogP contribution in [0.15, 0.2) is 12.3 Å². The quantitative estimate of drug-likeness (QED) is 0.420. The molecule has 1 rings (SSSR count). The molecule has 0 aliphatic heterocycles. The van der Waals surface area contributed by atoms with Crippen molar-refractivity contribution in [2.24, 2.45) is 0 Å². The molecule has 0 aromatic carbocycles. The molecular weight excluding hydrogens is 325 g/mol. The second kappa shape index (κ2) is 8.91. The van der Waals surface area contributed by atoms with E-state index < -0.39 is 0 Å². The van der Waals surface area contributed by atoms with Gasteiger partial charge in [-0.05, 0) is 42.7 Å².